The molecule has 1 aromatic carbocycles. The Balaban J connectivity index is 1.98. The largest absolute Gasteiger partial charge is 0.463 e. The molecule has 1 saturated heterocycles. The Bertz CT molecular complexity index is 953. The maximum atomic E-state index is 13.2. The zero-order valence-corrected chi connectivity index (χ0v) is 21.0. The number of carbonyl (C=O) groups is 3. The Hall–Kier alpha value is -2.78. The maximum absolute atomic E-state index is 13.2. The van der Waals surface area contributed by atoms with E-state index in [1.54, 1.807) is 30.0 Å². The summed E-state index contributed by atoms with van der Waals surface area (Å²) in [5, 5.41) is 6.25. The van der Waals surface area contributed by atoms with Crippen LogP contribution in [0.25, 0.3) is 0 Å². The molecular formula is C24H34ClN5O4. The van der Waals surface area contributed by atoms with Gasteiger partial charge in [-0.1, -0.05) is 29.8 Å². The monoisotopic (exact) mass is 491 g/mol. The molecule has 0 spiro atoms. The summed E-state index contributed by atoms with van der Waals surface area (Å²) in [5.74, 6) is -0.477. The summed E-state index contributed by atoms with van der Waals surface area (Å²) in [6.07, 6.45) is 0. The molecule has 2 aliphatic rings. The Morgan fingerprint density at radius 1 is 1.21 bits per heavy atom. The van der Waals surface area contributed by atoms with E-state index in [1.807, 2.05) is 31.7 Å². The van der Waals surface area contributed by atoms with Crippen molar-refractivity contribution < 1.29 is 19.1 Å². The van der Waals surface area contributed by atoms with Gasteiger partial charge in [0.1, 0.15) is 0 Å². The number of ether oxygens (including phenoxy) is 1. The van der Waals surface area contributed by atoms with E-state index in [0.29, 0.717) is 61.1 Å². The van der Waals surface area contributed by atoms with Crippen molar-refractivity contribution in [1.82, 2.24) is 25.3 Å². The van der Waals surface area contributed by atoms with Crippen LogP contribution in [-0.2, 0) is 9.53 Å². The first kappa shape index (κ1) is 25.8. The minimum absolute atomic E-state index is 0.0150. The van der Waals surface area contributed by atoms with Crippen LogP contribution in [0.15, 0.2) is 35.5 Å². The van der Waals surface area contributed by atoms with Gasteiger partial charge in [0.05, 0.1) is 18.2 Å². The van der Waals surface area contributed by atoms with Gasteiger partial charge in [-0.05, 0) is 39.3 Å². The number of carbonyl (C=O) groups excluding carboxylic acids is 3. The molecule has 2 heterocycles. The van der Waals surface area contributed by atoms with Gasteiger partial charge in [0.25, 0.3) is 0 Å². The predicted octanol–water partition coefficient (Wildman–Crippen LogP) is 2.98. The van der Waals surface area contributed by atoms with Gasteiger partial charge < -0.3 is 20.3 Å². The third kappa shape index (κ3) is 5.47. The lowest BCUT2D eigenvalue weighted by molar-refractivity contribution is -0.139. The average molecular weight is 492 g/mol. The van der Waals surface area contributed by atoms with Crippen LogP contribution >= 0.6 is 11.6 Å². The van der Waals surface area contributed by atoms with Crippen LogP contribution in [0.5, 0.6) is 0 Å². The molecule has 0 bridgehead atoms. The van der Waals surface area contributed by atoms with Gasteiger partial charge in [-0.3, -0.25) is 9.80 Å². The summed E-state index contributed by atoms with van der Waals surface area (Å²) in [6.45, 7) is 10.9. The molecule has 34 heavy (non-hydrogen) atoms. The second-order valence-electron chi connectivity index (χ2n) is 8.34. The number of nitrogens with zero attached hydrogens (tertiary/aromatic N) is 3. The van der Waals surface area contributed by atoms with Gasteiger partial charge in [0.2, 0.25) is 0 Å². The Kier molecular flexibility index (Phi) is 8.79. The van der Waals surface area contributed by atoms with Crippen LogP contribution in [0.2, 0.25) is 5.02 Å². The molecule has 0 saturated carbocycles. The van der Waals surface area contributed by atoms with Crippen molar-refractivity contribution in [2.24, 2.45) is 0 Å². The number of esters is 1. The second kappa shape index (κ2) is 11.6. The Morgan fingerprint density at radius 2 is 1.94 bits per heavy atom. The van der Waals surface area contributed by atoms with E-state index in [-0.39, 0.29) is 24.7 Å². The maximum Gasteiger partial charge on any atom is 0.338 e. The van der Waals surface area contributed by atoms with Gasteiger partial charge in [-0.25, -0.2) is 14.4 Å². The number of hydrogen-bond acceptors (Lipinski definition) is 5. The van der Waals surface area contributed by atoms with Crippen LogP contribution in [0.4, 0.5) is 9.59 Å². The number of amides is 4. The highest BCUT2D eigenvalue weighted by Gasteiger charge is 2.39. The van der Waals surface area contributed by atoms with Crippen molar-refractivity contribution in [2.45, 2.75) is 39.8 Å². The fourth-order valence-corrected chi connectivity index (χ4v) is 4.79. The molecule has 186 valence electrons. The summed E-state index contributed by atoms with van der Waals surface area (Å²) in [5.41, 5.74) is 1.63. The van der Waals surface area contributed by atoms with Crippen LogP contribution in [0.1, 0.15) is 39.3 Å². The molecule has 0 unspecified atom stereocenters. The first-order valence-corrected chi connectivity index (χ1v) is 12.2. The second-order valence-corrected chi connectivity index (χ2v) is 8.75. The summed E-state index contributed by atoms with van der Waals surface area (Å²) >= 11 is 6.46. The first-order valence-electron chi connectivity index (χ1n) is 11.8. The molecule has 1 fully saturated rings. The third-order valence-corrected chi connectivity index (χ3v) is 6.48. The smallest absolute Gasteiger partial charge is 0.338 e. The standard InChI is InChI=1S/C24H34ClN5O4/c1-5-26-23(32)30-13-12-28(14-16(30)4)15-19-20(22(31)34-7-3)21(27-24(33)29(19)6-2)17-10-8-9-11-18(17)25/h8-11,16,21H,5-7,12-15H2,1-4H3,(H,26,32)(H,27,33)/t16-,21+/m0/s1. The average Bonchev–Trinajstić information content (AvgIpc) is 2.79. The summed E-state index contributed by atoms with van der Waals surface area (Å²) < 4.78 is 5.42. The lowest BCUT2D eigenvalue weighted by Gasteiger charge is -2.42. The van der Waals surface area contributed by atoms with Crippen LogP contribution in [-0.4, -0.2) is 84.6 Å². The number of benzene rings is 1. The van der Waals surface area contributed by atoms with Crippen molar-refractivity contribution in [3.8, 4) is 0 Å². The minimum Gasteiger partial charge on any atom is -0.463 e. The molecule has 9 nitrogen and oxygen atoms in total. The minimum atomic E-state index is -0.716. The molecule has 2 aliphatic heterocycles. The fraction of sp³-hybridized carbons (Fsp3) is 0.542. The molecule has 2 atom stereocenters. The molecule has 1 aromatic rings. The number of halogens is 1. The van der Waals surface area contributed by atoms with Gasteiger partial charge in [0.15, 0.2) is 0 Å². The number of hydrogen-bond donors (Lipinski definition) is 2. The molecule has 0 aromatic heterocycles. The lowest BCUT2D eigenvalue weighted by Crippen LogP contribution is -2.58. The molecule has 3 rings (SSSR count). The normalized spacial score (nSPS) is 21.4. The first-order chi connectivity index (χ1) is 16.3. The third-order valence-electron chi connectivity index (χ3n) is 6.14. The summed E-state index contributed by atoms with van der Waals surface area (Å²) in [4.78, 5) is 44.2. The van der Waals surface area contributed by atoms with E-state index in [0.717, 1.165) is 0 Å². The highest BCUT2D eigenvalue weighted by Crippen LogP contribution is 2.35. The van der Waals surface area contributed by atoms with Gasteiger partial charge >= 0.3 is 18.0 Å². The van der Waals surface area contributed by atoms with Crippen molar-refractivity contribution >= 4 is 29.6 Å². The number of urea groups is 2. The van der Waals surface area contributed by atoms with Crippen LogP contribution < -0.4 is 10.6 Å². The zero-order valence-electron chi connectivity index (χ0n) is 20.3. The van der Waals surface area contributed by atoms with Gasteiger partial charge in [0, 0.05) is 56.0 Å². The number of piperazine rings is 1. The van der Waals surface area contributed by atoms with Crippen LogP contribution in [0.3, 0.4) is 0 Å². The lowest BCUT2D eigenvalue weighted by atomic mass is 9.94. The highest BCUT2D eigenvalue weighted by atomic mass is 35.5. The van der Waals surface area contributed by atoms with Gasteiger partial charge in [-0.15, -0.1) is 0 Å². The predicted molar refractivity (Wildman–Crippen MR) is 130 cm³/mol. The van der Waals surface area contributed by atoms with E-state index in [9.17, 15) is 14.4 Å². The van der Waals surface area contributed by atoms with Crippen molar-refractivity contribution in [3.05, 3.63) is 46.1 Å². The quantitative estimate of drug-likeness (QED) is 0.572. The molecule has 0 aliphatic carbocycles. The van der Waals surface area contributed by atoms with E-state index >= 15 is 0 Å². The fourth-order valence-electron chi connectivity index (χ4n) is 4.54. The van der Waals surface area contributed by atoms with Crippen molar-refractivity contribution in [1.29, 1.82) is 0 Å². The van der Waals surface area contributed by atoms with Crippen molar-refractivity contribution in [3.63, 3.8) is 0 Å². The highest BCUT2D eigenvalue weighted by molar-refractivity contribution is 6.31. The molecule has 4 amide bonds. The summed E-state index contributed by atoms with van der Waals surface area (Å²) in [6, 6.07) is 6.07. The Morgan fingerprint density at radius 3 is 2.56 bits per heavy atom. The van der Waals surface area contributed by atoms with E-state index in [4.69, 9.17) is 16.3 Å². The number of rotatable bonds is 7. The molecule has 10 heteroatoms. The van der Waals surface area contributed by atoms with Crippen LogP contribution in [0, 0.1) is 0 Å². The zero-order chi connectivity index (χ0) is 24.8. The molecular weight excluding hydrogens is 458 g/mol. The van der Waals surface area contributed by atoms with E-state index in [1.165, 1.54) is 0 Å². The topological polar surface area (TPSA) is 94.2 Å². The van der Waals surface area contributed by atoms with Crippen molar-refractivity contribution in [2.75, 3.05) is 45.9 Å². The molecule has 2 N–H and O–H groups in total. The Labute approximate surface area is 206 Å². The number of likely N-dealkylation sites (N-methyl/N-ethyl adjacent to an activating group) is 1. The van der Waals surface area contributed by atoms with E-state index in [2.05, 4.69) is 15.5 Å². The van der Waals surface area contributed by atoms with E-state index < -0.39 is 12.0 Å². The SMILES string of the molecule is CCNC(=O)N1CCN(CC2=C(C(=O)OCC)[C@@H](c3ccccc3Cl)NC(=O)N2CC)C[C@@H]1C. The van der Waals surface area contributed by atoms with Gasteiger partial charge in [-0.2, -0.15) is 0 Å². The summed E-state index contributed by atoms with van der Waals surface area (Å²) in [7, 11) is 0. The molecule has 0 radical (unpaired) electrons. The number of nitrogens with one attached hydrogen (secondary N) is 2.